The molecule has 1 aliphatic carbocycles. The van der Waals surface area contributed by atoms with Crippen molar-refractivity contribution in [1.82, 2.24) is 10.3 Å². The van der Waals surface area contributed by atoms with E-state index in [1.54, 1.807) is 0 Å². The molecule has 1 fully saturated rings. The van der Waals surface area contributed by atoms with Crippen LogP contribution in [0.5, 0.6) is 0 Å². The number of carbonyl (C=O) groups excluding carboxylic acids is 1. The molecule has 3 nitrogen and oxygen atoms in total. The molecule has 2 unspecified atom stereocenters. The SMILES string of the molecule is O=C(NC1CCCC(C(F)(F)F)C1)c1cnc(Cl)c(Cl)c1. The molecule has 21 heavy (non-hydrogen) atoms. The van der Waals surface area contributed by atoms with Gasteiger partial charge < -0.3 is 5.32 Å². The number of hydrogen-bond donors (Lipinski definition) is 1. The summed E-state index contributed by atoms with van der Waals surface area (Å²) in [5.74, 6) is -1.85. The Morgan fingerprint density at radius 2 is 2.05 bits per heavy atom. The van der Waals surface area contributed by atoms with Crippen molar-refractivity contribution in [2.75, 3.05) is 0 Å². The fourth-order valence-corrected chi connectivity index (χ4v) is 2.70. The van der Waals surface area contributed by atoms with Crippen LogP contribution in [-0.2, 0) is 0 Å². The van der Waals surface area contributed by atoms with E-state index in [9.17, 15) is 18.0 Å². The molecule has 0 aliphatic heterocycles. The van der Waals surface area contributed by atoms with Gasteiger partial charge in [0.05, 0.1) is 16.5 Å². The molecule has 1 N–H and O–H groups in total. The van der Waals surface area contributed by atoms with Crippen LogP contribution in [0.25, 0.3) is 0 Å². The molecule has 2 atom stereocenters. The molecule has 0 saturated heterocycles. The second kappa shape index (κ2) is 6.40. The minimum Gasteiger partial charge on any atom is -0.349 e. The summed E-state index contributed by atoms with van der Waals surface area (Å²) in [7, 11) is 0. The Kier molecular flexibility index (Phi) is 4.99. The van der Waals surface area contributed by atoms with Crippen molar-refractivity contribution in [3.63, 3.8) is 0 Å². The molecule has 2 rings (SSSR count). The molecule has 116 valence electrons. The molecule has 1 heterocycles. The van der Waals surface area contributed by atoms with Gasteiger partial charge in [-0.05, 0) is 25.3 Å². The Bertz CT molecular complexity index is 537. The number of nitrogens with zero attached hydrogens (tertiary/aromatic N) is 1. The molecule has 0 radical (unpaired) electrons. The van der Waals surface area contributed by atoms with Crippen molar-refractivity contribution >= 4 is 29.1 Å². The van der Waals surface area contributed by atoms with Gasteiger partial charge >= 0.3 is 6.18 Å². The largest absolute Gasteiger partial charge is 0.391 e. The van der Waals surface area contributed by atoms with E-state index in [-0.39, 0.29) is 28.6 Å². The first kappa shape index (κ1) is 16.4. The van der Waals surface area contributed by atoms with Gasteiger partial charge in [0.15, 0.2) is 0 Å². The second-order valence-corrected chi connectivity index (χ2v) is 5.84. The van der Waals surface area contributed by atoms with E-state index in [2.05, 4.69) is 10.3 Å². The molecular weight excluding hydrogens is 328 g/mol. The van der Waals surface area contributed by atoms with Gasteiger partial charge in [0.1, 0.15) is 5.15 Å². The van der Waals surface area contributed by atoms with E-state index in [1.165, 1.54) is 12.3 Å². The number of rotatable bonds is 2. The molecule has 0 bridgehead atoms. The number of aromatic nitrogens is 1. The van der Waals surface area contributed by atoms with Crippen LogP contribution < -0.4 is 5.32 Å². The molecule has 1 saturated carbocycles. The normalized spacial score (nSPS) is 22.9. The lowest BCUT2D eigenvalue weighted by Gasteiger charge is -2.31. The predicted octanol–water partition coefficient (Wildman–Crippen LogP) is 4.24. The monoisotopic (exact) mass is 340 g/mol. The lowest BCUT2D eigenvalue weighted by molar-refractivity contribution is -0.183. The van der Waals surface area contributed by atoms with Crippen LogP contribution >= 0.6 is 23.2 Å². The van der Waals surface area contributed by atoms with Crippen LogP contribution in [0.1, 0.15) is 36.0 Å². The Labute approximate surface area is 129 Å². The van der Waals surface area contributed by atoms with Crippen LogP contribution in [0, 0.1) is 5.92 Å². The average Bonchev–Trinajstić information content (AvgIpc) is 2.41. The third kappa shape index (κ3) is 4.23. The van der Waals surface area contributed by atoms with Crippen molar-refractivity contribution in [2.45, 2.75) is 37.9 Å². The summed E-state index contributed by atoms with van der Waals surface area (Å²) in [4.78, 5) is 15.7. The predicted molar refractivity (Wildman–Crippen MR) is 73.5 cm³/mol. The fraction of sp³-hybridized carbons (Fsp3) is 0.538. The summed E-state index contributed by atoms with van der Waals surface area (Å²) in [6.07, 6.45) is -1.97. The minimum atomic E-state index is -4.21. The lowest BCUT2D eigenvalue weighted by Crippen LogP contribution is -2.41. The summed E-state index contributed by atoms with van der Waals surface area (Å²) in [6, 6.07) is 0.850. The molecule has 0 aromatic carbocycles. The highest BCUT2D eigenvalue weighted by molar-refractivity contribution is 6.41. The standard InChI is InChI=1S/C13H13Cl2F3N2O/c14-10-4-7(6-19-11(10)15)12(21)20-9-3-1-2-8(5-9)13(16,17)18/h4,6,8-9H,1-3,5H2,(H,20,21). The number of nitrogens with one attached hydrogen (secondary N) is 1. The van der Waals surface area contributed by atoms with Crippen molar-refractivity contribution in [2.24, 2.45) is 5.92 Å². The highest BCUT2D eigenvalue weighted by Crippen LogP contribution is 2.37. The molecule has 1 aromatic rings. The maximum absolute atomic E-state index is 12.7. The maximum atomic E-state index is 12.7. The van der Waals surface area contributed by atoms with Crippen molar-refractivity contribution in [3.05, 3.63) is 28.0 Å². The van der Waals surface area contributed by atoms with Gasteiger partial charge in [0.2, 0.25) is 0 Å². The summed E-state index contributed by atoms with van der Waals surface area (Å²) in [6.45, 7) is 0. The van der Waals surface area contributed by atoms with E-state index < -0.39 is 24.0 Å². The van der Waals surface area contributed by atoms with Crippen molar-refractivity contribution < 1.29 is 18.0 Å². The Morgan fingerprint density at radius 1 is 1.33 bits per heavy atom. The van der Waals surface area contributed by atoms with Gasteiger partial charge in [-0.2, -0.15) is 13.2 Å². The molecule has 1 aromatic heterocycles. The van der Waals surface area contributed by atoms with Crippen molar-refractivity contribution in [3.8, 4) is 0 Å². The van der Waals surface area contributed by atoms with Gasteiger partial charge in [0.25, 0.3) is 5.91 Å². The van der Waals surface area contributed by atoms with Crippen LogP contribution in [0.3, 0.4) is 0 Å². The minimum absolute atomic E-state index is 0.0722. The van der Waals surface area contributed by atoms with Gasteiger partial charge in [-0.15, -0.1) is 0 Å². The van der Waals surface area contributed by atoms with Crippen LogP contribution in [-0.4, -0.2) is 23.1 Å². The number of halogens is 5. The molecule has 8 heteroatoms. The molecular formula is C13H13Cl2F3N2O. The zero-order valence-corrected chi connectivity index (χ0v) is 12.4. The number of alkyl halides is 3. The Morgan fingerprint density at radius 3 is 2.67 bits per heavy atom. The van der Waals surface area contributed by atoms with E-state index >= 15 is 0 Å². The van der Waals surface area contributed by atoms with Gasteiger partial charge in [-0.3, -0.25) is 4.79 Å². The zero-order chi connectivity index (χ0) is 15.6. The van der Waals surface area contributed by atoms with E-state index in [1.807, 2.05) is 0 Å². The Balaban J connectivity index is 2.00. The average molecular weight is 341 g/mol. The third-order valence-corrected chi connectivity index (χ3v) is 4.22. The molecule has 1 amide bonds. The Hall–Kier alpha value is -1.01. The summed E-state index contributed by atoms with van der Waals surface area (Å²) < 4.78 is 38.2. The topological polar surface area (TPSA) is 42.0 Å². The van der Waals surface area contributed by atoms with E-state index in [0.717, 1.165) is 0 Å². The smallest absolute Gasteiger partial charge is 0.349 e. The summed E-state index contributed by atoms with van der Waals surface area (Å²) in [5, 5.41) is 2.80. The van der Waals surface area contributed by atoms with Gasteiger partial charge in [-0.25, -0.2) is 4.98 Å². The summed E-state index contributed by atoms with van der Waals surface area (Å²) >= 11 is 11.4. The van der Waals surface area contributed by atoms with Crippen LogP contribution in [0.2, 0.25) is 10.2 Å². The van der Waals surface area contributed by atoms with Crippen molar-refractivity contribution in [1.29, 1.82) is 0 Å². The summed E-state index contributed by atoms with van der Waals surface area (Å²) in [5.41, 5.74) is 0.179. The second-order valence-electron chi connectivity index (χ2n) is 5.07. The number of pyridine rings is 1. The van der Waals surface area contributed by atoms with E-state index in [0.29, 0.717) is 12.8 Å². The maximum Gasteiger partial charge on any atom is 0.391 e. The van der Waals surface area contributed by atoms with Gasteiger partial charge in [-0.1, -0.05) is 29.6 Å². The van der Waals surface area contributed by atoms with Crippen LogP contribution in [0.15, 0.2) is 12.3 Å². The fourth-order valence-electron chi connectivity index (χ4n) is 2.43. The third-order valence-electron chi connectivity index (χ3n) is 3.53. The highest BCUT2D eigenvalue weighted by atomic mass is 35.5. The van der Waals surface area contributed by atoms with Gasteiger partial charge in [0, 0.05) is 12.2 Å². The number of amides is 1. The first-order valence-electron chi connectivity index (χ1n) is 6.46. The highest BCUT2D eigenvalue weighted by Gasteiger charge is 2.42. The molecule has 1 aliphatic rings. The first-order valence-corrected chi connectivity index (χ1v) is 7.21. The molecule has 0 spiro atoms. The number of carbonyl (C=O) groups is 1. The van der Waals surface area contributed by atoms with E-state index in [4.69, 9.17) is 23.2 Å². The quantitative estimate of drug-likeness (QED) is 0.818. The van der Waals surface area contributed by atoms with Crippen LogP contribution in [0.4, 0.5) is 13.2 Å². The number of hydrogen-bond acceptors (Lipinski definition) is 2. The first-order chi connectivity index (χ1) is 9.77. The lowest BCUT2D eigenvalue weighted by atomic mass is 9.85. The zero-order valence-electron chi connectivity index (χ0n) is 10.9.